The van der Waals surface area contributed by atoms with Gasteiger partial charge in [0.2, 0.25) is 5.95 Å². The van der Waals surface area contributed by atoms with Crippen molar-refractivity contribution in [3.63, 3.8) is 0 Å². The van der Waals surface area contributed by atoms with Crippen LogP contribution in [0.15, 0.2) is 18.2 Å². The normalized spacial score (nSPS) is 18.1. The summed E-state index contributed by atoms with van der Waals surface area (Å²) in [4.78, 5) is 10.5. The molecule has 28 heavy (non-hydrogen) atoms. The van der Waals surface area contributed by atoms with Gasteiger partial charge >= 0.3 is 0 Å². The van der Waals surface area contributed by atoms with Gasteiger partial charge in [-0.1, -0.05) is 11.6 Å². The maximum absolute atomic E-state index is 11.6. The molecule has 1 fully saturated rings. The number of sulfone groups is 1. The summed E-state index contributed by atoms with van der Waals surface area (Å²) in [5.41, 5.74) is 7.45. The van der Waals surface area contributed by atoms with E-state index in [1.54, 1.807) is 0 Å². The topological polar surface area (TPSA) is 119 Å². The van der Waals surface area contributed by atoms with Crippen LogP contribution >= 0.6 is 11.6 Å². The van der Waals surface area contributed by atoms with Gasteiger partial charge in [0.05, 0.1) is 18.4 Å². The zero-order valence-electron chi connectivity index (χ0n) is 15.7. The Labute approximate surface area is 169 Å². The zero-order valence-corrected chi connectivity index (χ0v) is 17.3. The zero-order chi connectivity index (χ0) is 20.5. The van der Waals surface area contributed by atoms with E-state index >= 15 is 0 Å². The lowest BCUT2D eigenvalue weighted by atomic mass is 10.0. The van der Waals surface area contributed by atoms with Crippen molar-refractivity contribution in [2.75, 3.05) is 36.6 Å². The lowest BCUT2D eigenvalue weighted by molar-refractivity contribution is 0.134. The highest BCUT2D eigenvalue weighted by Crippen LogP contribution is 2.37. The van der Waals surface area contributed by atoms with E-state index in [-0.39, 0.29) is 29.1 Å². The molecule has 1 aliphatic heterocycles. The first-order valence-electron chi connectivity index (χ1n) is 8.78. The van der Waals surface area contributed by atoms with Crippen LogP contribution in [0.4, 0.5) is 11.8 Å². The summed E-state index contributed by atoms with van der Waals surface area (Å²) in [6.45, 7) is 3.42. The molecule has 0 aliphatic carbocycles. The predicted octanol–water partition coefficient (Wildman–Crippen LogP) is 2.24. The molecule has 2 heterocycles. The fraction of sp³-hybridized carbons (Fsp3) is 0.444. The number of nitrogens with zero attached hydrogens (tertiary/aromatic N) is 3. The van der Waals surface area contributed by atoms with Crippen molar-refractivity contribution >= 4 is 33.2 Å². The fourth-order valence-electron chi connectivity index (χ4n) is 3.30. The Balaban J connectivity index is 2.04. The van der Waals surface area contributed by atoms with Crippen molar-refractivity contribution in [1.82, 2.24) is 9.97 Å². The molecule has 0 unspecified atom stereocenters. The molecular formula is C18H23ClN4O4S. The first kappa shape index (κ1) is 20.6. The highest BCUT2D eigenvalue weighted by atomic mass is 35.5. The maximum atomic E-state index is 11.6. The number of aryl methyl sites for hydroxylation is 1. The number of anilines is 2. The van der Waals surface area contributed by atoms with Crippen molar-refractivity contribution in [3.05, 3.63) is 40.0 Å². The molecule has 1 saturated heterocycles. The number of rotatable bonds is 4. The number of nitrogens with two attached hydrogens (primary N) is 1. The van der Waals surface area contributed by atoms with Crippen molar-refractivity contribution in [2.45, 2.75) is 25.1 Å². The second kappa shape index (κ2) is 8.10. The Morgan fingerprint density at radius 2 is 2.11 bits per heavy atom. The third-order valence-electron chi connectivity index (χ3n) is 4.47. The SMILES string of the molecule is Cc1cc(N2CCCOC[C@@H]2c2cc(O)c(CS(C)(=O)=O)cc2Cl)nc(N)n1. The van der Waals surface area contributed by atoms with Crippen molar-refractivity contribution < 1.29 is 18.3 Å². The number of phenolic OH excluding ortho intramolecular Hbond substituents is 1. The van der Waals surface area contributed by atoms with Gasteiger partial charge in [-0.3, -0.25) is 0 Å². The molecule has 0 bridgehead atoms. The third kappa shape index (κ3) is 4.84. The van der Waals surface area contributed by atoms with E-state index in [4.69, 9.17) is 22.1 Å². The Kier molecular flexibility index (Phi) is 5.97. The summed E-state index contributed by atoms with van der Waals surface area (Å²) >= 11 is 6.49. The van der Waals surface area contributed by atoms with Gasteiger partial charge < -0.3 is 20.5 Å². The lowest BCUT2D eigenvalue weighted by Gasteiger charge is -2.31. The summed E-state index contributed by atoms with van der Waals surface area (Å²) in [7, 11) is -3.31. The highest BCUT2D eigenvalue weighted by Gasteiger charge is 2.28. The molecule has 1 atom stereocenters. The highest BCUT2D eigenvalue weighted by molar-refractivity contribution is 7.89. The van der Waals surface area contributed by atoms with Crippen LogP contribution in [-0.4, -0.2) is 49.5 Å². The average Bonchev–Trinajstić information content (AvgIpc) is 2.81. The molecule has 0 radical (unpaired) electrons. The van der Waals surface area contributed by atoms with E-state index in [1.807, 2.05) is 17.9 Å². The van der Waals surface area contributed by atoms with Crippen LogP contribution in [0.5, 0.6) is 5.75 Å². The third-order valence-corrected chi connectivity index (χ3v) is 5.63. The Morgan fingerprint density at radius 1 is 1.36 bits per heavy atom. The summed E-state index contributed by atoms with van der Waals surface area (Å²) in [6.07, 6.45) is 1.90. The number of aromatic nitrogens is 2. The van der Waals surface area contributed by atoms with Crippen LogP contribution in [0.25, 0.3) is 0 Å². The molecule has 152 valence electrons. The smallest absolute Gasteiger partial charge is 0.222 e. The molecule has 8 nitrogen and oxygen atoms in total. The van der Waals surface area contributed by atoms with E-state index in [1.165, 1.54) is 12.1 Å². The second-order valence-corrected chi connectivity index (χ2v) is 9.48. The van der Waals surface area contributed by atoms with Gasteiger partial charge in [0, 0.05) is 41.8 Å². The average molecular weight is 427 g/mol. The molecular weight excluding hydrogens is 404 g/mol. The molecule has 10 heteroatoms. The fourth-order valence-corrected chi connectivity index (χ4v) is 4.41. The van der Waals surface area contributed by atoms with E-state index in [0.717, 1.165) is 18.4 Å². The molecule has 0 amide bonds. The van der Waals surface area contributed by atoms with Gasteiger partial charge in [-0.25, -0.2) is 13.4 Å². The Bertz CT molecular complexity index is 964. The number of aromatic hydroxyl groups is 1. The molecule has 1 aromatic carbocycles. The van der Waals surface area contributed by atoms with E-state index < -0.39 is 9.84 Å². The first-order valence-corrected chi connectivity index (χ1v) is 11.2. The molecule has 0 saturated carbocycles. The summed E-state index contributed by atoms with van der Waals surface area (Å²) < 4.78 is 28.9. The van der Waals surface area contributed by atoms with Crippen LogP contribution in [0, 0.1) is 6.92 Å². The van der Waals surface area contributed by atoms with Crippen LogP contribution in [0.1, 0.15) is 29.3 Å². The number of ether oxygens (including phenoxy) is 1. The monoisotopic (exact) mass is 426 g/mol. The molecule has 0 spiro atoms. The minimum Gasteiger partial charge on any atom is -0.508 e. The summed E-state index contributed by atoms with van der Waals surface area (Å²) in [5.74, 6) is 0.422. The number of hydrogen-bond donors (Lipinski definition) is 2. The second-order valence-electron chi connectivity index (χ2n) is 6.94. The summed E-state index contributed by atoms with van der Waals surface area (Å²) in [6, 6.07) is 4.52. The van der Waals surface area contributed by atoms with Crippen molar-refractivity contribution in [2.24, 2.45) is 0 Å². The minimum absolute atomic E-state index is 0.118. The van der Waals surface area contributed by atoms with Gasteiger partial charge in [-0.05, 0) is 31.0 Å². The number of phenols is 1. The van der Waals surface area contributed by atoms with Crippen LogP contribution < -0.4 is 10.6 Å². The largest absolute Gasteiger partial charge is 0.508 e. The first-order chi connectivity index (χ1) is 13.1. The molecule has 1 aromatic heterocycles. The molecule has 1 aliphatic rings. The number of nitrogen functional groups attached to an aromatic ring is 1. The van der Waals surface area contributed by atoms with E-state index in [9.17, 15) is 13.5 Å². The number of benzene rings is 1. The predicted molar refractivity (Wildman–Crippen MR) is 108 cm³/mol. The van der Waals surface area contributed by atoms with Gasteiger partial charge in [-0.15, -0.1) is 0 Å². The quantitative estimate of drug-likeness (QED) is 0.763. The van der Waals surface area contributed by atoms with E-state index in [0.29, 0.717) is 36.2 Å². The number of halogens is 1. The molecule has 2 aromatic rings. The van der Waals surface area contributed by atoms with Gasteiger partial charge in [0.25, 0.3) is 0 Å². The van der Waals surface area contributed by atoms with Gasteiger partial charge in [-0.2, -0.15) is 4.98 Å². The van der Waals surface area contributed by atoms with Crippen LogP contribution in [0.3, 0.4) is 0 Å². The number of hydrogen-bond acceptors (Lipinski definition) is 8. The van der Waals surface area contributed by atoms with Crippen LogP contribution in [-0.2, 0) is 20.3 Å². The Morgan fingerprint density at radius 3 is 2.79 bits per heavy atom. The van der Waals surface area contributed by atoms with Gasteiger partial charge in [0.1, 0.15) is 11.6 Å². The van der Waals surface area contributed by atoms with E-state index in [2.05, 4.69) is 9.97 Å². The van der Waals surface area contributed by atoms with Crippen molar-refractivity contribution in [1.29, 1.82) is 0 Å². The minimum atomic E-state index is -3.31. The standard InChI is InChI=1S/C18H23ClN4O4S/c1-11-6-17(22-18(20)21-11)23-4-3-5-27-9-15(23)13-8-16(24)12(7-14(13)19)10-28(2,25)26/h6-8,15,24H,3-5,9-10H2,1-2H3,(H2,20,21,22)/t15-/m1/s1. The van der Waals surface area contributed by atoms with Crippen molar-refractivity contribution in [3.8, 4) is 5.75 Å². The molecule has 3 N–H and O–H groups in total. The lowest BCUT2D eigenvalue weighted by Crippen LogP contribution is -2.32. The van der Waals surface area contributed by atoms with Crippen LogP contribution in [0.2, 0.25) is 5.02 Å². The Hall–Kier alpha value is -2.10. The molecule has 3 rings (SSSR count). The van der Waals surface area contributed by atoms with Gasteiger partial charge in [0.15, 0.2) is 9.84 Å². The summed E-state index contributed by atoms with van der Waals surface area (Å²) in [5, 5.41) is 10.8. The maximum Gasteiger partial charge on any atom is 0.222 e.